The zero-order valence-electron chi connectivity index (χ0n) is 48.3. The highest BCUT2D eigenvalue weighted by atomic mass is 16.5. The van der Waals surface area contributed by atoms with Crippen molar-refractivity contribution < 1.29 is 38.1 Å². The smallest absolute Gasteiger partial charge is 0.150 e. The lowest BCUT2D eigenvalue weighted by atomic mass is 9.84. The lowest BCUT2D eigenvalue weighted by Gasteiger charge is -2.23. The molecule has 0 bridgehead atoms. The molecule has 418 valence electrons. The molecule has 10 heteroatoms. The topological polar surface area (TPSA) is 143 Å². The maximum atomic E-state index is 13.4. The monoisotopic (exact) mass is 1100 g/mol. The van der Waals surface area contributed by atoms with Gasteiger partial charge < -0.3 is 39.2 Å². The number of ether oxygens (including phenoxy) is 2. The summed E-state index contributed by atoms with van der Waals surface area (Å²) >= 11 is 0. The molecule has 12 aromatic rings. The van der Waals surface area contributed by atoms with Gasteiger partial charge in [-0.1, -0.05) is 177 Å². The Labute approximate surface area is 482 Å². The number of carbonyl (C=O) groups is 2. The molecule has 4 N–H and O–H groups in total. The van der Waals surface area contributed by atoms with E-state index in [9.17, 15) is 19.8 Å². The average molecular weight is 1100 g/mol. The Morgan fingerprint density at radius 2 is 0.952 bits per heavy atom. The van der Waals surface area contributed by atoms with E-state index in [0.29, 0.717) is 83.9 Å². The summed E-state index contributed by atoms with van der Waals surface area (Å²) in [5, 5.41) is 36.3. The molecule has 0 aliphatic rings. The van der Waals surface area contributed by atoms with Crippen LogP contribution in [0.1, 0.15) is 128 Å². The number of aldehydes is 2. The van der Waals surface area contributed by atoms with Crippen molar-refractivity contribution in [3.05, 3.63) is 203 Å². The maximum Gasteiger partial charge on any atom is 0.150 e. The minimum atomic E-state index is -0.223. The Bertz CT molecular complexity index is 4440. The summed E-state index contributed by atoms with van der Waals surface area (Å²) < 4.78 is 27.7. The summed E-state index contributed by atoms with van der Waals surface area (Å²) in [4.78, 5) is 26.7. The predicted octanol–water partition coefficient (Wildman–Crippen LogP) is 19.8. The Morgan fingerprint density at radius 3 is 1.52 bits per heavy atom. The van der Waals surface area contributed by atoms with Gasteiger partial charge in [0.1, 0.15) is 52.1 Å². The van der Waals surface area contributed by atoms with Crippen molar-refractivity contribution in [3.63, 3.8) is 0 Å². The summed E-state index contributed by atoms with van der Waals surface area (Å²) in [5.41, 5.74) is 11.8. The lowest BCUT2D eigenvalue weighted by molar-refractivity contribution is 0.111. The van der Waals surface area contributed by atoms with Crippen LogP contribution in [0.15, 0.2) is 173 Å². The first-order chi connectivity index (χ1) is 40.2. The molecule has 83 heavy (non-hydrogen) atoms. The number of hydrogen-bond acceptors (Lipinski definition) is 10. The number of hydrogen-bond donors (Lipinski definition) is 4. The Balaban J connectivity index is 0.000000453. The molecule has 1 aromatic heterocycles. The van der Waals surface area contributed by atoms with Gasteiger partial charge in [-0.25, -0.2) is 0 Å². The first kappa shape index (κ1) is 55.5. The van der Waals surface area contributed by atoms with Crippen LogP contribution in [-0.2, 0) is 11.3 Å². The van der Waals surface area contributed by atoms with E-state index < -0.39 is 0 Å². The molecule has 0 unspecified atom stereocenters. The van der Waals surface area contributed by atoms with Crippen LogP contribution in [0.3, 0.4) is 0 Å². The summed E-state index contributed by atoms with van der Waals surface area (Å²) in [6, 6.07) is 52.0. The van der Waals surface area contributed by atoms with Crippen LogP contribution < -0.4 is 15.4 Å². The molecule has 0 radical (unpaired) electrons. The summed E-state index contributed by atoms with van der Waals surface area (Å²) in [6.45, 7) is 17.8. The van der Waals surface area contributed by atoms with Crippen LogP contribution in [-0.4, -0.2) is 36.6 Å². The van der Waals surface area contributed by atoms with Gasteiger partial charge in [0, 0.05) is 89.7 Å². The first-order valence-corrected chi connectivity index (χ1v) is 28.5. The van der Waals surface area contributed by atoms with E-state index in [1.54, 1.807) is 6.07 Å². The molecule has 0 amide bonds. The SMILES string of the molecule is CC(C)c1cccc(C(C)C)c1NCOCc1cc2oc3ccccc3c3ccccc3oc3cc(O)c4c(C=O)cc(Oc5ccccc5-c5ccccc5)c5c6c(O)cc(C=O)c1c6c2c3c45.CNc1c(C(C)C)cccc1C(C)C. The van der Waals surface area contributed by atoms with Crippen LogP contribution in [0.25, 0.3) is 87.3 Å². The van der Waals surface area contributed by atoms with E-state index in [-0.39, 0.29) is 64.5 Å². The number of nitrogens with one attached hydrogen (secondary N) is 2. The molecule has 0 saturated heterocycles. The zero-order valence-corrected chi connectivity index (χ0v) is 48.3. The van der Waals surface area contributed by atoms with Crippen molar-refractivity contribution in [2.45, 2.75) is 85.7 Å². The highest BCUT2D eigenvalue weighted by Gasteiger charge is 2.29. The Hall–Kier alpha value is -9.38. The third-order valence-corrected chi connectivity index (χ3v) is 15.9. The van der Waals surface area contributed by atoms with Gasteiger partial charge in [0.25, 0.3) is 0 Å². The third-order valence-electron chi connectivity index (χ3n) is 15.9. The van der Waals surface area contributed by atoms with Crippen LogP contribution in [0.2, 0.25) is 0 Å². The van der Waals surface area contributed by atoms with E-state index in [1.165, 1.54) is 40.1 Å². The number of phenolic OH excluding ortho intramolecular Hbond substituents is 2. The van der Waals surface area contributed by atoms with E-state index in [1.807, 2.05) is 116 Å². The average Bonchev–Trinajstić information content (AvgIpc) is 1.21. The largest absolute Gasteiger partial charge is 0.507 e. The minimum absolute atomic E-state index is 0.0373. The zero-order chi connectivity index (χ0) is 58.2. The normalized spacial score (nSPS) is 11.7. The van der Waals surface area contributed by atoms with Gasteiger partial charge in [-0.15, -0.1) is 0 Å². The number of carbonyl (C=O) groups excluding carboxylic acids is 2. The quantitative estimate of drug-likeness (QED) is 0.0258. The van der Waals surface area contributed by atoms with Gasteiger partial charge in [0.05, 0.1) is 6.61 Å². The van der Waals surface area contributed by atoms with Gasteiger partial charge in [0.15, 0.2) is 12.6 Å². The Kier molecular flexibility index (Phi) is 15.5. The second kappa shape index (κ2) is 23.2. The fourth-order valence-electron chi connectivity index (χ4n) is 12.0. The second-order valence-electron chi connectivity index (χ2n) is 22.4. The molecular weight excluding hydrogens is 1030 g/mol. The number of benzene rings is 11. The molecule has 0 spiro atoms. The number of anilines is 2. The predicted molar refractivity (Wildman–Crippen MR) is 340 cm³/mol. The molecular formula is C73H68N2O8. The Morgan fingerprint density at radius 1 is 0.458 bits per heavy atom. The fourth-order valence-corrected chi connectivity index (χ4v) is 12.0. The fraction of sp³-hybridized carbons (Fsp3) is 0.205. The van der Waals surface area contributed by atoms with Crippen molar-refractivity contribution in [2.75, 3.05) is 24.4 Å². The van der Waals surface area contributed by atoms with Crippen molar-refractivity contribution in [1.82, 2.24) is 0 Å². The van der Waals surface area contributed by atoms with Gasteiger partial charge in [-0.3, -0.25) is 9.59 Å². The molecule has 12 rings (SSSR count). The van der Waals surface area contributed by atoms with Gasteiger partial charge >= 0.3 is 0 Å². The minimum Gasteiger partial charge on any atom is -0.507 e. The number of fused-ring (bicyclic) bond motifs is 4. The van der Waals surface area contributed by atoms with Gasteiger partial charge in [0.2, 0.25) is 0 Å². The summed E-state index contributed by atoms with van der Waals surface area (Å²) in [7, 11) is 2.01. The molecule has 0 aliphatic heterocycles. The standard InChI is InChI=1S/C60H47NO8.C13H21N/c1-33(2)39-20-14-21-40(34(3)4)60(39)61-32-66-31-38-27-50-56-57-51(69-48-24-13-10-19-43(48)42-18-9-12-23-47(42)68-50)28-45(65)53-37(30-63)26-49(67-46-22-11-8-17-41(46)35-15-6-5-7-16-35)55(59(53)57)54-44(64)25-36(29-62)52(38)58(54)56;1-9(2)11-7-6-8-12(10(3)4)13(11)14-5/h5-30,33-34,61,64-65H,31-32H2,1-4H3;6-10,14H,1-5H3. The van der Waals surface area contributed by atoms with Crippen LogP contribution in [0.5, 0.6) is 23.0 Å². The molecule has 11 aromatic carbocycles. The lowest BCUT2D eigenvalue weighted by Crippen LogP contribution is -2.12. The third kappa shape index (κ3) is 10.2. The highest BCUT2D eigenvalue weighted by molar-refractivity contribution is 6.42. The highest BCUT2D eigenvalue weighted by Crippen LogP contribution is 2.54. The van der Waals surface area contributed by atoms with Crippen molar-refractivity contribution in [1.29, 1.82) is 0 Å². The maximum absolute atomic E-state index is 13.4. The van der Waals surface area contributed by atoms with Gasteiger partial charge in [-0.05, 0) is 98.8 Å². The molecule has 1 heterocycles. The number of aromatic hydroxyl groups is 2. The van der Waals surface area contributed by atoms with Crippen molar-refractivity contribution in [3.8, 4) is 34.1 Å². The van der Waals surface area contributed by atoms with Crippen LogP contribution in [0, 0.1) is 0 Å². The van der Waals surface area contributed by atoms with E-state index in [4.69, 9.17) is 18.3 Å². The van der Waals surface area contributed by atoms with Crippen LogP contribution >= 0.6 is 0 Å². The van der Waals surface area contributed by atoms with Crippen molar-refractivity contribution in [2.24, 2.45) is 0 Å². The summed E-state index contributed by atoms with van der Waals surface area (Å²) in [6.07, 6.45) is 1.42. The molecule has 0 aliphatic carbocycles. The van der Waals surface area contributed by atoms with Crippen LogP contribution in [0.4, 0.5) is 11.4 Å². The van der Waals surface area contributed by atoms with E-state index in [2.05, 4.69) is 102 Å². The van der Waals surface area contributed by atoms with E-state index >= 15 is 0 Å². The van der Waals surface area contributed by atoms with Gasteiger partial charge in [-0.2, -0.15) is 0 Å². The second-order valence-corrected chi connectivity index (χ2v) is 22.4. The number of rotatable bonds is 15. The van der Waals surface area contributed by atoms with Crippen molar-refractivity contribution >= 4 is 100 Å². The summed E-state index contributed by atoms with van der Waals surface area (Å²) in [5.74, 6) is 1.96. The molecule has 0 fully saturated rings. The molecule has 10 nitrogen and oxygen atoms in total. The number of para-hydroxylation sites is 5. The molecule has 0 saturated carbocycles. The number of phenols is 2. The van der Waals surface area contributed by atoms with E-state index in [0.717, 1.165) is 33.9 Å². The molecule has 0 atom stereocenters. The first-order valence-electron chi connectivity index (χ1n) is 28.5.